The fourth-order valence-electron chi connectivity index (χ4n) is 0.448. The third-order valence-electron chi connectivity index (χ3n) is 0.821. The Labute approximate surface area is 80.3 Å². The van der Waals surface area contributed by atoms with Crippen molar-refractivity contribution in [2.45, 2.75) is 27.2 Å². The lowest BCUT2D eigenvalue weighted by atomic mass is 10.2. The molecule has 0 spiro atoms. The van der Waals surface area contributed by atoms with E-state index in [1.807, 2.05) is 6.92 Å². The van der Waals surface area contributed by atoms with Crippen molar-refractivity contribution in [3.05, 3.63) is 36.5 Å². The molecule has 0 radical (unpaired) electrons. The summed E-state index contributed by atoms with van der Waals surface area (Å²) in [5.74, 6) is -0.953. The molecule has 0 bridgehead atoms. The lowest BCUT2D eigenvalue weighted by Gasteiger charge is -1.84. The Morgan fingerprint density at radius 1 is 1.31 bits per heavy atom. The minimum absolute atomic E-state index is 0.685. The molecule has 0 saturated heterocycles. The predicted octanol–water partition coefficient (Wildman–Crippen LogP) is 3.18. The monoisotopic (exact) mass is 182 g/mol. The second kappa shape index (κ2) is 10.7. The van der Waals surface area contributed by atoms with Gasteiger partial charge in [-0.2, -0.15) is 0 Å². The number of hydrogen-bond acceptors (Lipinski definition) is 1. The first-order valence-corrected chi connectivity index (χ1v) is 4.31. The Bertz CT molecular complexity index is 200. The zero-order chi connectivity index (χ0) is 10.7. The van der Waals surface area contributed by atoms with Crippen molar-refractivity contribution in [2.24, 2.45) is 0 Å². The fourth-order valence-corrected chi connectivity index (χ4v) is 0.448. The number of aliphatic carboxylic acids is 1. The van der Waals surface area contributed by atoms with E-state index >= 15 is 0 Å². The molecule has 0 atom stereocenters. The normalized spacial score (nSPS) is 9.77. The van der Waals surface area contributed by atoms with Gasteiger partial charge in [0.1, 0.15) is 0 Å². The van der Waals surface area contributed by atoms with E-state index < -0.39 is 5.97 Å². The van der Waals surface area contributed by atoms with Crippen LogP contribution >= 0.6 is 0 Å². The highest BCUT2D eigenvalue weighted by atomic mass is 16.4. The molecule has 0 aromatic heterocycles. The SMILES string of the molecule is C=C(/C=C\C)/C=C\C(=O)O.CCC. The quantitative estimate of drug-likeness (QED) is 0.537. The average molecular weight is 182 g/mol. The minimum atomic E-state index is -0.953. The summed E-state index contributed by atoms with van der Waals surface area (Å²) in [4.78, 5) is 9.96. The van der Waals surface area contributed by atoms with Gasteiger partial charge in [-0.3, -0.25) is 0 Å². The molecule has 2 nitrogen and oxygen atoms in total. The van der Waals surface area contributed by atoms with E-state index in [-0.39, 0.29) is 0 Å². The van der Waals surface area contributed by atoms with Gasteiger partial charge < -0.3 is 5.11 Å². The van der Waals surface area contributed by atoms with Gasteiger partial charge >= 0.3 is 5.97 Å². The first-order valence-electron chi connectivity index (χ1n) is 4.31. The van der Waals surface area contributed by atoms with Crippen LogP contribution in [0.4, 0.5) is 0 Å². The summed E-state index contributed by atoms with van der Waals surface area (Å²) < 4.78 is 0. The summed E-state index contributed by atoms with van der Waals surface area (Å²) in [5.41, 5.74) is 0.685. The van der Waals surface area contributed by atoms with E-state index in [2.05, 4.69) is 20.4 Å². The van der Waals surface area contributed by atoms with Gasteiger partial charge in [-0.05, 0) is 18.6 Å². The number of rotatable bonds is 3. The molecule has 0 aliphatic rings. The molecule has 0 aliphatic carbocycles. The van der Waals surface area contributed by atoms with E-state index in [0.717, 1.165) is 6.08 Å². The van der Waals surface area contributed by atoms with Crippen molar-refractivity contribution >= 4 is 5.97 Å². The molecule has 74 valence electrons. The van der Waals surface area contributed by atoms with Gasteiger partial charge in [0.15, 0.2) is 0 Å². The Kier molecular flexibility index (Phi) is 11.7. The van der Waals surface area contributed by atoms with Crippen LogP contribution in [-0.4, -0.2) is 11.1 Å². The van der Waals surface area contributed by atoms with Crippen molar-refractivity contribution in [3.63, 3.8) is 0 Å². The van der Waals surface area contributed by atoms with Crippen LogP contribution in [0, 0.1) is 0 Å². The van der Waals surface area contributed by atoms with Crippen LogP contribution in [0.3, 0.4) is 0 Å². The summed E-state index contributed by atoms with van der Waals surface area (Å²) in [5, 5.41) is 8.18. The van der Waals surface area contributed by atoms with Crippen LogP contribution in [0.25, 0.3) is 0 Å². The van der Waals surface area contributed by atoms with Crippen LogP contribution in [0.15, 0.2) is 36.5 Å². The van der Waals surface area contributed by atoms with Crippen molar-refractivity contribution < 1.29 is 9.90 Å². The number of carbonyl (C=O) groups is 1. The highest BCUT2D eigenvalue weighted by molar-refractivity contribution is 5.80. The molecular weight excluding hydrogens is 164 g/mol. The molecule has 0 aliphatic heterocycles. The molecule has 0 aromatic rings. The molecule has 0 amide bonds. The molecule has 1 N–H and O–H groups in total. The highest BCUT2D eigenvalue weighted by Gasteiger charge is 1.84. The summed E-state index contributed by atoms with van der Waals surface area (Å²) >= 11 is 0. The van der Waals surface area contributed by atoms with E-state index in [1.165, 1.54) is 12.5 Å². The van der Waals surface area contributed by atoms with Crippen molar-refractivity contribution in [1.29, 1.82) is 0 Å². The van der Waals surface area contributed by atoms with Crippen LogP contribution < -0.4 is 0 Å². The maximum absolute atomic E-state index is 9.96. The third-order valence-corrected chi connectivity index (χ3v) is 0.821. The van der Waals surface area contributed by atoms with Gasteiger partial charge in [-0.25, -0.2) is 4.79 Å². The minimum Gasteiger partial charge on any atom is -0.478 e. The van der Waals surface area contributed by atoms with Crippen LogP contribution in [0.2, 0.25) is 0 Å². The van der Waals surface area contributed by atoms with Gasteiger partial charge in [0, 0.05) is 6.08 Å². The van der Waals surface area contributed by atoms with E-state index in [0.29, 0.717) is 5.57 Å². The van der Waals surface area contributed by atoms with Crippen molar-refractivity contribution in [2.75, 3.05) is 0 Å². The van der Waals surface area contributed by atoms with Crippen molar-refractivity contribution in [1.82, 2.24) is 0 Å². The Balaban J connectivity index is 0. The van der Waals surface area contributed by atoms with Gasteiger partial charge in [0.05, 0.1) is 0 Å². The molecular formula is C11H18O2. The molecule has 0 fully saturated rings. The first kappa shape index (κ1) is 14.2. The zero-order valence-electron chi connectivity index (χ0n) is 8.58. The maximum atomic E-state index is 9.96. The summed E-state index contributed by atoms with van der Waals surface area (Å²) in [6.45, 7) is 9.68. The second-order valence-corrected chi connectivity index (χ2v) is 2.45. The number of carboxylic acid groups (broad SMARTS) is 1. The largest absolute Gasteiger partial charge is 0.478 e. The van der Waals surface area contributed by atoms with E-state index in [1.54, 1.807) is 12.2 Å². The Morgan fingerprint density at radius 2 is 1.77 bits per heavy atom. The number of carboxylic acids is 1. The van der Waals surface area contributed by atoms with E-state index in [4.69, 9.17) is 5.11 Å². The Morgan fingerprint density at radius 3 is 2.08 bits per heavy atom. The maximum Gasteiger partial charge on any atom is 0.328 e. The van der Waals surface area contributed by atoms with Crippen molar-refractivity contribution in [3.8, 4) is 0 Å². The average Bonchev–Trinajstić information content (AvgIpc) is 2.03. The smallest absolute Gasteiger partial charge is 0.328 e. The number of allylic oxidation sites excluding steroid dienone is 4. The summed E-state index contributed by atoms with van der Waals surface area (Å²) in [6, 6.07) is 0. The molecule has 0 saturated carbocycles. The van der Waals surface area contributed by atoms with E-state index in [9.17, 15) is 4.79 Å². The lowest BCUT2D eigenvalue weighted by molar-refractivity contribution is -0.131. The summed E-state index contributed by atoms with van der Waals surface area (Å²) in [7, 11) is 0. The summed E-state index contributed by atoms with van der Waals surface area (Å²) in [6.07, 6.45) is 7.29. The highest BCUT2D eigenvalue weighted by Crippen LogP contribution is 1.93. The molecule has 0 rings (SSSR count). The van der Waals surface area contributed by atoms with Gasteiger partial charge in [0.2, 0.25) is 0 Å². The lowest BCUT2D eigenvalue weighted by Crippen LogP contribution is -1.85. The third kappa shape index (κ3) is 18.0. The van der Waals surface area contributed by atoms with Crippen LogP contribution in [0.1, 0.15) is 27.2 Å². The standard InChI is InChI=1S/C8H10O2.C3H8/c1-3-4-7(2)5-6-8(9)10;1-3-2/h3-6H,2H2,1H3,(H,9,10);3H2,1-2H3/b4-3-,6-5-;. The van der Waals surface area contributed by atoms with Gasteiger partial charge in [0.25, 0.3) is 0 Å². The molecule has 2 heteroatoms. The Hall–Kier alpha value is -1.31. The first-order chi connectivity index (χ1) is 6.08. The molecule has 0 unspecified atom stereocenters. The predicted molar refractivity (Wildman–Crippen MR) is 56.7 cm³/mol. The molecule has 0 aromatic carbocycles. The fraction of sp³-hybridized carbons (Fsp3) is 0.364. The topological polar surface area (TPSA) is 37.3 Å². The second-order valence-electron chi connectivity index (χ2n) is 2.45. The van der Waals surface area contributed by atoms with Gasteiger partial charge in [-0.1, -0.05) is 39.0 Å². The number of hydrogen-bond donors (Lipinski definition) is 1. The van der Waals surface area contributed by atoms with Gasteiger partial charge in [-0.15, -0.1) is 0 Å². The van der Waals surface area contributed by atoms with Crippen LogP contribution in [0.5, 0.6) is 0 Å². The zero-order valence-corrected chi connectivity index (χ0v) is 8.58. The molecule has 13 heavy (non-hydrogen) atoms. The van der Waals surface area contributed by atoms with Crippen LogP contribution in [-0.2, 0) is 4.79 Å². The molecule has 0 heterocycles.